The smallest absolute Gasteiger partial charge is 0.172 e. The molecular weight excluding hydrogens is 204 g/mol. The lowest BCUT2D eigenvalue weighted by molar-refractivity contribution is 0.0822. The average molecular weight is 222 g/mol. The number of hydrogen-bond acceptors (Lipinski definition) is 3. The second kappa shape index (κ2) is 4.56. The molecule has 0 heterocycles. The molecule has 3 nitrogen and oxygen atoms in total. The number of rotatable bonds is 4. The van der Waals surface area contributed by atoms with E-state index in [1.54, 1.807) is 6.07 Å². The fourth-order valence-electron chi connectivity index (χ4n) is 1.82. The Morgan fingerprint density at radius 3 is 2.50 bits per heavy atom. The van der Waals surface area contributed by atoms with Gasteiger partial charge in [-0.3, -0.25) is 4.79 Å². The normalized spacial score (nSPS) is 11.4. The van der Waals surface area contributed by atoms with Crippen LogP contribution >= 0.6 is 0 Å². The van der Waals surface area contributed by atoms with Crippen LogP contribution in [0.4, 0.5) is 0 Å². The van der Waals surface area contributed by atoms with Gasteiger partial charge >= 0.3 is 0 Å². The number of phenols is 2. The minimum absolute atomic E-state index is 0.136. The molecular formula is C13H18O3. The topological polar surface area (TPSA) is 57.5 Å². The fraction of sp³-hybridized carbons (Fsp3) is 0.462. The molecule has 0 bridgehead atoms. The third kappa shape index (κ3) is 2.35. The Kier molecular flexibility index (Phi) is 3.58. The van der Waals surface area contributed by atoms with E-state index in [4.69, 9.17) is 0 Å². The van der Waals surface area contributed by atoms with Crippen LogP contribution in [-0.2, 0) is 0 Å². The Morgan fingerprint density at radius 1 is 1.31 bits per heavy atom. The number of hydrogen-bond donors (Lipinski definition) is 2. The van der Waals surface area contributed by atoms with Crippen LogP contribution in [0.2, 0.25) is 0 Å². The summed E-state index contributed by atoms with van der Waals surface area (Å²) in [5.41, 5.74) is -0.321. The summed E-state index contributed by atoms with van der Waals surface area (Å²) in [5, 5.41) is 19.0. The maximum Gasteiger partial charge on any atom is 0.172 e. The van der Waals surface area contributed by atoms with Crippen LogP contribution in [0, 0.1) is 5.41 Å². The molecule has 0 aliphatic rings. The van der Waals surface area contributed by atoms with E-state index in [1.165, 1.54) is 12.1 Å². The van der Waals surface area contributed by atoms with E-state index in [0.29, 0.717) is 0 Å². The van der Waals surface area contributed by atoms with Gasteiger partial charge < -0.3 is 10.2 Å². The lowest BCUT2D eigenvalue weighted by atomic mass is 9.80. The molecule has 3 heteroatoms. The van der Waals surface area contributed by atoms with Crippen LogP contribution in [0.5, 0.6) is 11.5 Å². The Labute approximate surface area is 95.7 Å². The van der Waals surface area contributed by atoms with Gasteiger partial charge in [0.05, 0.1) is 5.56 Å². The summed E-state index contributed by atoms with van der Waals surface area (Å²) in [7, 11) is 0. The van der Waals surface area contributed by atoms with E-state index < -0.39 is 5.41 Å². The number of ketones is 1. The minimum Gasteiger partial charge on any atom is -0.504 e. The molecule has 0 unspecified atom stereocenters. The van der Waals surface area contributed by atoms with E-state index in [-0.39, 0.29) is 22.8 Å². The van der Waals surface area contributed by atoms with Crippen molar-refractivity contribution in [3.63, 3.8) is 0 Å². The summed E-state index contributed by atoms with van der Waals surface area (Å²) in [5.74, 6) is -0.711. The van der Waals surface area contributed by atoms with Crippen molar-refractivity contribution in [3.05, 3.63) is 23.8 Å². The van der Waals surface area contributed by atoms with Crippen molar-refractivity contribution in [1.82, 2.24) is 0 Å². The number of carbonyl (C=O) groups is 1. The van der Waals surface area contributed by atoms with Crippen molar-refractivity contribution in [3.8, 4) is 11.5 Å². The molecule has 0 spiro atoms. The van der Waals surface area contributed by atoms with Crippen LogP contribution < -0.4 is 0 Å². The predicted octanol–water partition coefficient (Wildman–Crippen LogP) is 3.11. The number of benzene rings is 1. The Balaban J connectivity index is 3.10. The monoisotopic (exact) mass is 222 g/mol. The van der Waals surface area contributed by atoms with Gasteiger partial charge in [0.15, 0.2) is 17.3 Å². The highest BCUT2D eigenvalue weighted by molar-refractivity contribution is 6.02. The van der Waals surface area contributed by atoms with Gasteiger partial charge in [0.2, 0.25) is 0 Å². The van der Waals surface area contributed by atoms with E-state index in [9.17, 15) is 15.0 Å². The van der Waals surface area contributed by atoms with Crippen LogP contribution in [0.3, 0.4) is 0 Å². The highest BCUT2D eigenvalue weighted by Gasteiger charge is 2.29. The minimum atomic E-state index is -0.514. The molecule has 0 aliphatic carbocycles. The SMILES string of the molecule is CCCC(C)(C)C(=O)c1cccc(O)c1O. The molecule has 0 atom stereocenters. The third-order valence-electron chi connectivity index (χ3n) is 2.75. The highest BCUT2D eigenvalue weighted by Crippen LogP contribution is 2.35. The number of para-hydroxylation sites is 1. The predicted molar refractivity (Wildman–Crippen MR) is 62.8 cm³/mol. The number of carbonyl (C=O) groups excluding carboxylic acids is 1. The zero-order chi connectivity index (χ0) is 12.3. The van der Waals surface area contributed by atoms with Crippen molar-refractivity contribution in [2.45, 2.75) is 33.6 Å². The van der Waals surface area contributed by atoms with Crippen LogP contribution in [-0.4, -0.2) is 16.0 Å². The summed E-state index contributed by atoms with van der Waals surface area (Å²) in [6.45, 7) is 5.71. The van der Waals surface area contributed by atoms with Gasteiger partial charge in [0.25, 0.3) is 0 Å². The molecule has 88 valence electrons. The first kappa shape index (κ1) is 12.6. The van der Waals surface area contributed by atoms with Crippen molar-refractivity contribution in [1.29, 1.82) is 0 Å². The van der Waals surface area contributed by atoms with Crippen molar-refractivity contribution < 1.29 is 15.0 Å². The summed E-state index contributed by atoms with van der Waals surface area (Å²) in [6, 6.07) is 4.46. The largest absolute Gasteiger partial charge is 0.504 e. The average Bonchev–Trinajstić information content (AvgIpc) is 2.21. The summed E-state index contributed by atoms with van der Waals surface area (Å²) in [4.78, 5) is 12.2. The molecule has 0 aliphatic heterocycles. The van der Waals surface area contributed by atoms with Gasteiger partial charge in [-0.2, -0.15) is 0 Å². The second-order valence-corrected chi connectivity index (χ2v) is 4.64. The third-order valence-corrected chi connectivity index (χ3v) is 2.75. The van der Waals surface area contributed by atoms with E-state index >= 15 is 0 Å². The molecule has 0 saturated heterocycles. The van der Waals surface area contributed by atoms with Gasteiger partial charge in [-0.15, -0.1) is 0 Å². The highest BCUT2D eigenvalue weighted by atomic mass is 16.3. The second-order valence-electron chi connectivity index (χ2n) is 4.64. The Hall–Kier alpha value is -1.51. The lowest BCUT2D eigenvalue weighted by Gasteiger charge is -2.22. The first-order valence-electron chi connectivity index (χ1n) is 5.46. The van der Waals surface area contributed by atoms with Crippen molar-refractivity contribution in [2.24, 2.45) is 5.41 Å². The molecule has 0 aromatic heterocycles. The molecule has 1 aromatic carbocycles. The zero-order valence-corrected chi connectivity index (χ0v) is 9.95. The van der Waals surface area contributed by atoms with E-state index in [2.05, 4.69) is 0 Å². The summed E-state index contributed by atoms with van der Waals surface area (Å²) < 4.78 is 0. The first-order chi connectivity index (χ1) is 7.40. The van der Waals surface area contributed by atoms with Gasteiger partial charge in [0, 0.05) is 5.41 Å². The molecule has 0 saturated carbocycles. The number of phenolic OH excluding ortho intramolecular Hbond substituents is 2. The van der Waals surface area contributed by atoms with Crippen LogP contribution in [0.1, 0.15) is 44.0 Å². The maximum atomic E-state index is 12.2. The molecule has 0 radical (unpaired) electrons. The van der Waals surface area contributed by atoms with E-state index in [0.717, 1.165) is 12.8 Å². The molecule has 2 N–H and O–H groups in total. The maximum absolute atomic E-state index is 12.2. The molecule has 16 heavy (non-hydrogen) atoms. The van der Waals surface area contributed by atoms with Gasteiger partial charge in [-0.1, -0.05) is 33.3 Å². The standard InChI is InChI=1S/C13H18O3/c1-4-8-13(2,3)12(16)9-6-5-7-10(14)11(9)15/h5-7,14-15H,4,8H2,1-3H3. The fourth-order valence-corrected chi connectivity index (χ4v) is 1.82. The quantitative estimate of drug-likeness (QED) is 0.608. The van der Waals surface area contributed by atoms with Gasteiger partial charge in [0.1, 0.15) is 0 Å². The molecule has 0 amide bonds. The Bertz CT molecular complexity index is 394. The van der Waals surface area contributed by atoms with Gasteiger partial charge in [-0.25, -0.2) is 0 Å². The van der Waals surface area contributed by atoms with Crippen LogP contribution in [0.15, 0.2) is 18.2 Å². The van der Waals surface area contributed by atoms with E-state index in [1.807, 2.05) is 20.8 Å². The van der Waals surface area contributed by atoms with Crippen molar-refractivity contribution >= 4 is 5.78 Å². The summed E-state index contributed by atoms with van der Waals surface area (Å²) in [6.07, 6.45) is 1.65. The number of aromatic hydroxyl groups is 2. The number of Topliss-reactive ketones (excluding diaryl/α,β-unsaturated/α-hetero) is 1. The lowest BCUT2D eigenvalue weighted by Crippen LogP contribution is -2.24. The summed E-state index contributed by atoms with van der Waals surface area (Å²) >= 11 is 0. The van der Waals surface area contributed by atoms with Gasteiger partial charge in [-0.05, 0) is 18.6 Å². The molecule has 1 rings (SSSR count). The molecule has 0 fully saturated rings. The van der Waals surface area contributed by atoms with Crippen LogP contribution in [0.25, 0.3) is 0 Å². The first-order valence-corrected chi connectivity index (χ1v) is 5.46. The van der Waals surface area contributed by atoms with Crippen molar-refractivity contribution in [2.75, 3.05) is 0 Å². The zero-order valence-electron chi connectivity index (χ0n) is 9.95. The molecule has 1 aromatic rings. The Morgan fingerprint density at radius 2 is 1.94 bits per heavy atom.